The normalized spacial score (nSPS) is 26.2. The second-order valence-electron chi connectivity index (χ2n) is 8.90. The second-order valence-corrected chi connectivity index (χ2v) is 8.90. The van der Waals surface area contributed by atoms with Crippen LogP contribution >= 0.6 is 0 Å². The van der Waals surface area contributed by atoms with Crippen molar-refractivity contribution in [3.8, 4) is 0 Å². The number of amides is 1. The van der Waals surface area contributed by atoms with Crippen LogP contribution in [0.25, 0.3) is 0 Å². The molecule has 1 fully saturated rings. The molecule has 7 heteroatoms. The number of ether oxygens (including phenoxy) is 2. The number of unbranched alkanes of at least 4 members (excludes halogenated alkanes) is 13. The molecule has 4 N–H and O–H groups in total. The van der Waals surface area contributed by atoms with Crippen molar-refractivity contribution in [3.05, 3.63) is 0 Å². The molecule has 1 aliphatic heterocycles. The van der Waals surface area contributed by atoms with Crippen LogP contribution in [0.15, 0.2) is 0 Å². The van der Waals surface area contributed by atoms with Gasteiger partial charge in [-0.15, -0.1) is 0 Å². The summed E-state index contributed by atoms with van der Waals surface area (Å²) < 4.78 is 11.3. The van der Waals surface area contributed by atoms with Crippen molar-refractivity contribution < 1.29 is 29.6 Å². The van der Waals surface area contributed by atoms with Crippen LogP contribution in [0.1, 0.15) is 104 Å². The maximum absolute atomic E-state index is 11.4. The standard InChI is InChI=1S/C24H47NO6/c1-3-4-5-6-7-8-9-10-11-12-13-14-15-16-17-30-24-21(25-19(2)27)23(29)22(28)20(18-26)31-24/h20-24,26,28-29H,3-18H2,1-2H3,(H,25,27)/t20-,21-,22+,23+,24-/m1/s1. The highest BCUT2D eigenvalue weighted by molar-refractivity contribution is 5.73. The SMILES string of the molecule is CCCCCCCCCCCCCCCCO[C@@H]1O[C@H](CO)[C@H](O)[C@@H](O)[C@H]1NC(C)=O. The predicted octanol–water partition coefficient (Wildman–Crippen LogP) is 3.43. The summed E-state index contributed by atoms with van der Waals surface area (Å²) in [6.07, 6.45) is 13.6. The van der Waals surface area contributed by atoms with Gasteiger partial charge in [0.25, 0.3) is 0 Å². The van der Waals surface area contributed by atoms with E-state index in [2.05, 4.69) is 12.2 Å². The lowest BCUT2D eigenvalue weighted by Gasteiger charge is -2.42. The molecule has 184 valence electrons. The van der Waals surface area contributed by atoms with Gasteiger partial charge in [-0.25, -0.2) is 0 Å². The first-order valence-corrected chi connectivity index (χ1v) is 12.5. The van der Waals surface area contributed by atoms with E-state index in [0.29, 0.717) is 6.61 Å². The van der Waals surface area contributed by atoms with Gasteiger partial charge in [0.05, 0.1) is 6.61 Å². The van der Waals surface area contributed by atoms with Gasteiger partial charge in [0.1, 0.15) is 24.4 Å². The third kappa shape index (κ3) is 12.2. The van der Waals surface area contributed by atoms with E-state index in [-0.39, 0.29) is 5.91 Å². The van der Waals surface area contributed by atoms with Crippen molar-refractivity contribution in [2.45, 2.75) is 134 Å². The summed E-state index contributed by atoms with van der Waals surface area (Å²) in [5, 5.41) is 32.2. The Morgan fingerprint density at radius 3 is 1.77 bits per heavy atom. The van der Waals surface area contributed by atoms with Crippen molar-refractivity contribution in [3.63, 3.8) is 0 Å². The molecule has 7 nitrogen and oxygen atoms in total. The molecular weight excluding hydrogens is 398 g/mol. The minimum absolute atomic E-state index is 0.340. The molecule has 0 bridgehead atoms. The van der Waals surface area contributed by atoms with Gasteiger partial charge in [-0.05, 0) is 6.42 Å². The lowest BCUT2D eigenvalue weighted by Crippen LogP contribution is -2.64. The van der Waals surface area contributed by atoms with Crippen molar-refractivity contribution in [1.29, 1.82) is 0 Å². The molecule has 0 aromatic heterocycles. The molecular formula is C24H47NO6. The number of carbonyl (C=O) groups is 1. The molecule has 1 heterocycles. The second kappa shape index (κ2) is 17.8. The summed E-state index contributed by atoms with van der Waals surface area (Å²) in [6.45, 7) is 3.61. The van der Waals surface area contributed by atoms with Gasteiger partial charge in [-0.2, -0.15) is 0 Å². The maximum Gasteiger partial charge on any atom is 0.217 e. The zero-order valence-electron chi connectivity index (χ0n) is 19.8. The number of carbonyl (C=O) groups excluding carboxylic acids is 1. The van der Waals surface area contributed by atoms with Crippen molar-refractivity contribution in [2.24, 2.45) is 0 Å². The quantitative estimate of drug-likeness (QED) is 0.241. The number of aliphatic hydroxyl groups is 3. The molecule has 1 rings (SSSR count). The Kier molecular flexibility index (Phi) is 16.2. The Labute approximate surface area is 188 Å². The van der Waals surface area contributed by atoms with Crippen LogP contribution in [0, 0.1) is 0 Å². The monoisotopic (exact) mass is 445 g/mol. The Morgan fingerprint density at radius 1 is 0.839 bits per heavy atom. The molecule has 1 saturated heterocycles. The number of hydrogen-bond acceptors (Lipinski definition) is 6. The molecule has 0 radical (unpaired) electrons. The van der Waals surface area contributed by atoms with E-state index in [0.717, 1.165) is 12.8 Å². The van der Waals surface area contributed by atoms with E-state index in [1.807, 2.05) is 0 Å². The minimum Gasteiger partial charge on any atom is -0.394 e. The molecule has 5 atom stereocenters. The van der Waals surface area contributed by atoms with Gasteiger partial charge >= 0.3 is 0 Å². The Morgan fingerprint density at radius 2 is 1.32 bits per heavy atom. The Balaban J connectivity index is 2.07. The summed E-state index contributed by atoms with van der Waals surface area (Å²) in [4.78, 5) is 11.4. The van der Waals surface area contributed by atoms with Crippen LogP contribution in [-0.2, 0) is 14.3 Å². The molecule has 0 aromatic carbocycles. The Bertz CT molecular complexity index is 450. The van der Waals surface area contributed by atoms with Crippen LogP contribution in [0.2, 0.25) is 0 Å². The largest absolute Gasteiger partial charge is 0.394 e. The average molecular weight is 446 g/mol. The highest BCUT2D eigenvalue weighted by Crippen LogP contribution is 2.22. The van der Waals surface area contributed by atoms with Crippen LogP contribution < -0.4 is 5.32 Å². The fourth-order valence-electron chi connectivity index (χ4n) is 4.11. The molecule has 0 aromatic rings. The summed E-state index contributed by atoms with van der Waals surface area (Å²) in [7, 11) is 0. The van der Waals surface area contributed by atoms with Crippen molar-refractivity contribution >= 4 is 5.91 Å². The van der Waals surface area contributed by atoms with Crippen LogP contribution in [0.5, 0.6) is 0 Å². The van der Waals surface area contributed by atoms with Crippen LogP contribution in [0.4, 0.5) is 0 Å². The zero-order valence-corrected chi connectivity index (χ0v) is 19.8. The van der Waals surface area contributed by atoms with Gasteiger partial charge in [-0.3, -0.25) is 4.79 Å². The van der Waals surface area contributed by atoms with E-state index in [1.54, 1.807) is 0 Å². The summed E-state index contributed by atoms with van der Waals surface area (Å²) in [5.41, 5.74) is 0. The fraction of sp³-hybridized carbons (Fsp3) is 0.958. The third-order valence-electron chi connectivity index (χ3n) is 6.03. The minimum atomic E-state index is -1.28. The fourth-order valence-corrected chi connectivity index (χ4v) is 4.11. The average Bonchev–Trinajstić information content (AvgIpc) is 2.75. The summed E-state index contributed by atoms with van der Waals surface area (Å²) in [5.74, 6) is -0.340. The van der Waals surface area contributed by atoms with Gasteiger partial charge in [0, 0.05) is 13.5 Å². The number of hydrogen-bond donors (Lipinski definition) is 4. The van der Waals surface area contributed by atoms with Crippen molar-refractivity contribution in [1.82, 2.24) is 5.32 Å². The lowest BCUT2D eigenvalue weighted by atomic mass is 9.97. The van der Waals surface area contributed by atoms with E-state index < -0.39 is 37.3 Å². The highest BCUT2D eigenvalue weighted by atomic mass is 16.7. The van der Waals surface area contributed by atoms with Crippen LogP contribution in [-0.4, -0.2) is 65.1 Å². The van der Waals surface area contributed by atoms with E-state index in [4.69, 9.17) is 9.47 Å². The number of aliphatic hydroxyl groups excluding tert-OH is 3. The van der Waals surface area contributed by atoms with Crippen LogP contribution in [0.3, 0.4) is 0 Å². The maximum atomic E-state index is 11.4. The first-order chi connectivity index (χ1) is 15.0. The van der Waals surface area contributed by atoms with E-state index >= 15 is 0 Å². The Hall–Kier alpha value is -0.730. The first kappa shape index (κ1) is 28.3. The smallest absolute Gasteiger partial charge is 0.217 e. The van der Waals surface area contributed by atoms with Gasteiger partial charge in [0.2, 0.25) is 5.91 Å². The first-order valence-electron chi connectivity index (χ1n) is 12.5. The van der Waals surface area contributed by atoms with E-state index in [9.17, 15) is 20.1 Å². The zero-order chi connectivity index (χ0) is 22.9. The number of rotatable bonds is 18. The van der Waals surface area contributed by atoms with Crippen molar-refractivity contribution in [2.75, 3.05) is 13.2 Å². The molecule has 31 heavy (non-hydrogen) atoms. The van der Waals surface area contributed by atoms with Gasteiger partial charge in [-0.1, -0.05) is 90.4 Å². The molecule has 0 spiro atoms. The summed E-state index contributed by atoms with van der Waals surface area (Å²) in [6, 6.07) is -0.859. The number of nitrogens with one attached hydrogen (secondary N) is 1. The molecule has 0 aliphatic carbocycles. The molecule has 0 unspecified atom stereocenters. The highest BCUT2D eigenvalue weighted by Gasteiger charge is 2.45. The topological polar surface area (TPSA) is 108 Å². The summed E-state index contributed by atoms with van der Waals surface area (Å²) >= 11 is 0. The van der Waals surface area contributed by atoms with Gasteiger partial charge < -0.3 is 30.1 Å². The lowest BCUT2D eigenvalue weighted by molar-refractivity contribution is -0.270. The molecule has 0 saturated carbocycles. The molecule has 1 amide bonds. The van der Waals surface area contributed by atoms with Gasteiger partial charge in [0.15, 0.2) is 6.29 Å². The predicted molar refractivity (Wildman–Crippen MR) is 122 cm³/mol. The van der Waals surface area contributed by atoms with E-state index in [1.165, 1.54) is 84.0 Å². The third-order valence-corrected chi connectivity index (χ3v) is 6.03. The molecule has 1 aliphatic rings.